The number of nitrogens with zero attached hydrogens (tertiary/aromatic N) is 5. The molecule has 9 heteroatoms. The number of hydrogen-bond donors (Lipinski definition) is 1. The zero-order valence-corrected chi connectivity index (χ0v) is 18.7. The molecule has 2 aromatic heterocycles. The third kappa shape index (κ3) is 3.88. The summed E-state index contributed by atoms with van der Waals surface area (Å²) in [5.41, 5.74) is 3.92. The van der Waals surface area contributed by atoms with Gasteiger partial charge in [0.05, 0.1) is 11.3 Å². The zero-order chi connectivity index (χ0) is 23.7. The van der Waals surface area contributed by atoms with E-state index < -0.39 is 18.0 Å². The molecule has 0 saturated carbocycles. The molecule has 3 aromatic carbocycles. The van der Waals surface area contributed by atoms with Crippen LogP contribution < -0.4 is 5.32 Å². The van der Waals surface area contributed by atoms with Crippen LogP contribution in [-0.4, -0.2) is 42.8 Å². The predicted molar refractivity (Wildman–Crippen MR) is 128 cm³/mol. The highest BCUT2D eigenvalue weighted by Crippen LogP contribution is 2.31. The van der Waals surface area contributed by atoms with Crippen LogP contribution in [0.3, 0.4) is 0 Å². The van der Waals surface area contributed by atoms with Gasteiger partial charge in [-0.25, -0.2) is 9.48 Å². The van der Waals surface area contributed by atoms with E-state index >= 15 is 0 Å². The van der Waals surface area contributed by atoms with Crippen molar-refractivity contribution in [1.29, 1.82) is 0 Å². The Morgan fingerprint density at radius 3 is 2.50 bits per heavy atom. The van der Waals surface area contributed by atoms with Gasteiger partial charge in [-0.2, -0.15) is 0 Å². The fourth-order valence-corrected chi connectivity index (χ4v) is 4.03. The predicted octanol–water partition coefficient (Wildman–Crippen LogP) is 3.97. The Morgan fingerprint density at radius 2 is 1.76 bits per heavy atom. The topological polar surface area (TPSA) is 104 Å². The molecule has 0 spiro atoms. The standard InChI is InChI=1S/C25H22N6O3/c1-3-30-22-7-5-4-6-20(22)21-14-18(10-13-23(21)30)27-24(32)16(2)34-25(33)17-8-11-19(12-9-17)31-15-26-28-29-31/h4-16H,3H2,1-2H3,(H,27,32)/t16-/m1/s1. The first-order valence-corrected chi connectivity index (χ1v) is 10.9. The number of hydrogen-bond acceptors (Lipinski definition) is 6. The minimum Gasteiger partial charge on any atom is -0.449 e. The molecule has 0 aliphatic rings. The van der Waals surface area contributed by atoms with Gasteiger partial charge in [0.1, 0.15) is 6.33 Å². The van der Waals surface area contributed by atoms with Crippen molar-refractivity contribution in [2.45, 2.75) is 26.5 Å². The maximum absolute atomic E-state index is 12.7. The fraction of sp³-hybridized carbons (Fsp3) is 0.160. The number of tetrazole rings is 1. The molecule has 0 fully saturated rings. The molecule has 1 atom stereocenters. The summed E-state index contributed by atoms with van der Waals surface area (Å²) >= 11 is 0. The number of rotatable bonds is 6. The quantitative estimate of drug-likeness (QED) is 0.389. The number of amides is 1. The van der Waals surface area contributed by atoms with Crippen molar-refractivity contribution in [3.8, 4) is 5.69 Å². The van der Waals surface area contributed by atoms with E-state index in [1.165, 1.54) is 11.0 Å². The average Bonchev–Trinajstić information content (AvgIpc) is 3.50. The second-order valence-corrected chi connectivity index (χ2v) is 7.83. The number of anilines is 1. The number of esters is 1. The van der Waals surface area contributed by atoms with Crippen molar-refractivity contribution >= 4 is 39.4 Å². The maximum Gasteiger partial charge on any atom is 0.338 e. The number of carbonyl (C=O) groups excluding carboxylic acids is 2. The van der Waals surface area contributed by atoms with E-state index in [0.29, 0.717) is 16.9 Å². The fourth-order valence-electron chi connectivity index (χ4n) is 4.03. The molecule has 0 aliphatic carbocycles. The Bertz CT molecular complexity index is 1490. The van der Waals surface area contributed by atoms with E-state index in [1.54, 1.807) is 31.2 Å². The smallest absolute Gasteiger partial charge is 0.338 e. The summed E-state index contributed by atoms with van der Waals surface area (Å²) in [7, 11) is 0. The number of nitrogens with one attached hydrogen (secondary N) is 1. The van der Waals surface area contributed by atoms with Crippen LogP contribution in [-0.2, 0) is 16.1 Å². The largest absolute Gasteiger partial charge is 0.449 e. The van der Waals surface area contributed by atoms with Gasteiger partial charge in [0, 0.05) is 34.0 Å². The van der Waals surface area contributed by atoms with Crippen LogP contribution in [0.25, 0.3) is 27.5 Å². The van der Waals surface area contributed by atoms with Crippen molar-refractivity contribution in [2.24, 2.45) is 0 Å². The molecule has 5 rings (SSSR count). The average molecular weight is 454 g/mol. The van der Waals surface area contributed by atoms with Gasteiger partial charge in [-0.3, -0.25) is 4.79 Å². The lowest BCUT2D eigenvalue weighted by Gasteiger charge is -2.14. The monoisotopic (exact) mass is 454 g/mol. The number of fused-ring (bicyclic) bond motifs is 3. The van der Waals surface area contributed by atoms with Gasteiger partial charge in [-0.05, 0) is 72.8 Å². The molecule has 0 saturated heterocycles. The van der Waals surface area contributed by atoms with Gasteiger partial charge >= 0.3 is 5.97 Å². The first kappa shape index (κ1) is 21.3. The van der Waals surface area contributed by atoms with Crippen LogP contribution in [0.5, 0.6) is 0 Å². The number of aromatic nitrogens is 5. The van der Waals surface area contributed by atoms with Crippen LogP contribution >= 0.6 is 0 Å². The molecule has 0 aliphatic heterocycles. The number of carbonyl (C=O) groups is 2. The van der Waals surface area contributed by atoms with Gasteiger partial charge in [0.2, 0.25) is 0 Å². The van der Waals surface area contributed by atoms with E-state index in [2.05, 4.69) is 44.5 Å². The molecule has 9 nitrogen and oxygen atoms in total. The number of aryl methyl sites for hydroxylation is 1. The summed E-state index contributed by atoms with van der Waals surface area (Å²) < 4.78 is 9.09. The number of ether oxygens (including phenoxy) is 1. The van der Waals surface area contributed by atoms with E-state index in [0.717, 1.165) is 28.4 Å². The maximum atomic E-state index is 12.7. The molecule has 34 heavy (non-hydrogen) atoms. The van der Waals surface area contributed by atoms with E-state index in [9.17, 15) is 9.59 Å². The minimum atomic E-state index is -0.973. The first-order valence-electron chi connectivity index (χ1n) is 10.9. The molecule has 0 bridgehead atoms. The number of para-hydroxylation sites is 1. The molecule has 1 N–H and O–H groups in total. The summed E-state index contributed by atoms with van der Waals surface area (Å²) in [5.74, 6) is -0.996. The van der Waals surface area contributed by atoms with Crippen molar-refractivity contribution < 1.29 is 14.3 Å². The molecule has 170 valence electrons. The third-order valence-corrected chi connectivity index (χ3v) is 5.73. The zero-order valence-electron chi connectivity index (χ0n) is 18.7. The summed E-state index contributed by atoms with van der Waals surface area (Å²) in [6.07, 6.45) is 0.483. The van der Waals surface area contributed by atoms with Crippen LogP contribution in [0, 0.1) is 0 Å². The summed E-state index contributed by atoms with van der Waals surface area (Å²) in [6.45, 7) is 4.50. The van der Waals surface area contributed by atoms with Crippen molar-refractivity contribution in [1.82, 2.24) is 24.8 Å². The Kier molecular flexibility index (Phi) is 5.51. The van der Waals surface area contributed by atoms with E-state index in [1.807, 2.05) is 30.3 Å². The minimum absolute atomic E-state index is 0.324. The van der Waals surface area contributed by atoms with Crippen LogP contribution in [0.4, 0.5) is 5.69 Å². The summed E-state index contributed by atoms with van der Waals surface area (Å²) in [5, 5.41) is 16.0. The number of benzene rings is 3. The van der Waals surface area contributed by atoms with Crippen molar-refractivity contribution in [2.75, 3.05) is 5.32 Å². The first-order chi connectivity index (χ1) is 16.5. The Morgan fingerprint density at radius 1 is 1.00 bits per heavy atom. The van der Waals surface area contributed by atoms with Gasteiger partial charge < -0.3 is 14.6 Å². The van der Waals surface area contributed by atoms with Crippen LogP contribution in [0.2, 0.25) is 0 Å². The lowest BCUT2D eigenvalue weighted by Crippen LogP contribution is -2.30. The Labute approximate surface area is 194 Å². The third-order valence-electron chi connectivity index (χ3n) is 5.73. The highest BCUT2D eigenvalue weighted by atomic mass is 16.5. The van der Waals surface area contributed by atoms with E-state index in [4.69, 9.17) is 4.74 Å². The van der Waals surface area contributed by atoms with Gasteiger partial charge in [-0.15, -0.1) is 5.10 Å². The molecule has 0 unspecified atom stereocenters. The summed E-state index contributed by atoms with van der Waals surface area (Å²) in [6, 6.07) is 20.6. The molecular weight excluding hydrogens is 432 g/mol. The molecule has 1 amide bonds. The second-order valence-electron chi connectivity index (χ2n) is 7.83. The summed E-state index contributed by atoms with van der Waals surface area (Å²) in [4.78, 5) is 25.2. The SMILES string of the molecule is CCn1c2ccccc2c2cc(NC(=O)[C@@H](C)OC(=O)c3ccc(-n4cnnn4)cc3)ccc21. The van der Waals surface area contributed by atoms with Crippen molar-refractivity contribution in [3.63, 3.8) is 0 Å². The molecular formula is C25H22N6O3. The molecule has 2 heterocycles. The van der Waals surface area contributed by atoms with Crippen molar-refractivity contribution in [3.05, 3.63) is 78.6 Å². The van der Waals surface area contributed by atoms with Gasteiger partial charge in [0.15, 0.2) is 6.10 Å². The Balaban J connectivity index is 1.29. The lowest BCUT2D eigenvalue weighted by molar-refractivity contribution is -0.123. The van der Waals surface area contributed by atoms with Gasteiger partial charge in [-0.1, -0.05) is 18.2 Å². The van der Waals surface area contributed by atoms with E-state index in [-0.39, 0.29) is 0 Å². The Hall–Kier alpha value is -4.53. The van der Waals surface area contributed by atoms with Crippen LogP contribution in [0.1, 0.15) is 24.2 Å². The van der Waals surface area contributed by atoms with Crippen LogP contribution in [0.15, 0.2) is 73.1 Å². The highest BCUT2D eigenvalue weighted by Gasteiger charge is 2.20. The molecule has 0 radical (unpaired) electrons. The normalized spacial score (nSPS) is 12.1. The molecule has 5 aromatic rings. The highest BCUT2D eigenvalue weighted by molar-refractivity contribution is 6.10. The van der Waals surface area contributed by atoms with Gasteiger partial charge in [0.25, 0.3) is 5.91 Å². The second kappa shape index (κ2) is 8.78. The lowest BCUT2D eigenvalue weighted by atomic mass is 10.1.